The normalized spacial score (nSPS) is 31.6. The van der Waals surface area contributed by atoms with Crippen LogP contribution in [0.3, 0.4) is 0 Å². The minimum Gasteiger partial charge on any atom is -0.363 e. The SMILES string of the molecule is O=C1CCC(N2Cc3cc(N4C5CNCC4C5)cc(F)c3C2)C(=O)N1. The number of imide groups is 1. The lowest BCUT2D eigenvalue weighted by Crippen LogP contribution is -2.68. The van der Waals surface area contributed by atoms with Gasteiger partial charge in [0.05, 0.1) is 6.04 Å². The number of piperazine rings is 1. The maximum absolute atomic E-state index is 14.7. The number of fused-ring (bicyclic) bond motifs is 3. The molecule has 6 nitrogen and oxygen atoms in total. The number of amides is 2. The van der Waals surface area contributed by atoms with E-state index in [4.69, 9.17) is 0 Å². The lowest BCUT2D eigenvalue weighted by Gasteiger charge is -2.54. The van der Waals surface area contributed by atoms with Crippen LogP contribution >= 0.6 is 0 Å². The number of benzene rings is 1. The summed E-state index contributed by atoms with van der Waals surface area (Å²) in [4.78, 5) is 27.8. The van der Waals surface area contributed by atoms with Gasteiger partial charge in [0, 0.05) is 55.9 Å². The van der Waals surface area contributed by atoms with E-state index in [1.165, 1.54) is 6.42 Å². The van der Waals surface area contributed by atoms with E-state index in [2.05, 4.69) is 21.6 Å². The highest BCUT2D eigenvalue weighted by Crippen LogP contribution is 2.38. The number of carbonyl (C=O) groups is 2. The summed E-state index contributed by atoms with van der Waals surface area (Å²) in [5.41, 5.74) is 2.62. The first kappa shape index (κ1) is 15.3. The molecule has 1 aromatic carbocycles. The van der Waals surface area contributed by atoms with Crippen LogP contribution in [0.25, 0.3) is 0 Å². The van der Waals surface area contributed by atoms with Crippen LogP contribution in [0.2, 0.25) is 0 Å². The quantitative estimate of drug-likeness (QED) is 0.765. The third-order valence-electron chi connectivity index (χ3n) is 6.05. The molecule has 2 amide bonds. The van der Waals surface area contributed by atoms with Crippen molar-refractivity contribution in [1.82, 2.24) is 15.5 Å². The molecule has 3 atom stereocenters. The molecule has 2 bridgehead atoms. The second-order valence-corrected chi connectivity index (χ2v) is 7.55. The van der Waals surface area contributed by atoms with Crippen LogP contribution in [-0.4, -0.2) is 47.9 Å². The van der Waals surface area contributed by atoms with Crippen molar-refractivity contribution in [3.63, 3.8) is 0 Å². The first-order valence-corrected chi connectivity index (χ1v) is 8.98. The fourth-order valence-electron chi connectivity index (χ4n) is 4.78. The van der Waals surface area contributed by atoms with Crippen molar-refractivity contribution in [2.45, 2.75) is 50.5 Å². The first-order valence-electron chi connectivity index (χ1n) is 8.98. The van der Waals surface area contributed by atoms with Crippen LogP contribution in [0.15, 0.2) is 12.1 Å². The molecule has 0 spiro atoms. The highest BCUT2D eigenvalue weighted by molar-refractivity contribution is 6.00. The molecule has 3 unspecified atom stereocenters. The molecular formula is C18H21FN4O2. The number of rotatable bonds is 2. The van der Waals surface area contributed by atoms with Gasteiger partial charge in [0.25, 0.3) is 0 Å². The molecule has 3 fully saturated rings. The maximum atomic E-state index is 14.7. The van der Waals surface area contributed by atoms with Crippen molar-refractivity contribution in [2.24, 2.45) is 0 Å². The molecule has 3 saturated heterocycles. The van der Waals surface area contributed by atoms with Crippen molar-refractivity contribution in [3.05, 3.63) is 29.1 Å². The number of hydrogen-bond donors (Lipinski definition) is 2. The Kier molecular flexibility index (Phi) is 3.36. The molecule has 2 N–H and O–H groups in total. The maximum Gasteiger partial charge on any atom is 0.243 e. The summed E-state index contributed by atoms with van der Waals surface area (Å²) in [6.45, 7) is 2.91. The van der Waals surface area contributed by atoms with Crippen LogP contribution in [-0.2, 0) is 22.7 Å². The van der Waals surface area contributed by atoms with Crippen LogP contribution in [0.1, 0.15) is 30.4 Å². The van der Waals surface area contributed by atoms with Gasteiger partial charge >= 0.3 is 0 Å². The minimum atomic E-state index is -0.347. The average Bonchev–Trinajstić information content (AvgIpc) is 3.00. The predicted molar refractivity (Wildman–Crippen MR) is 89.4 cm³/mol. The van der Waals surface area contributed by atoms with Crippen molar-refractivity contribution >= 4 is 17.5 Å². The second kappa shape index (κ2) is 5.51. The van der Waals surface area contributed by atoms with Gasteiger partial charge in [-0.25, -0.2) is 4.39 Å². The van der Waals surface area contributed by atoms with E-state index in [9.17, 15) is 14.0 Å². The average molecular weight is 344 g/mol. The number of carbonyl (C=O) groups excluding carboxylic acids is 2. The summed E-state index contributed by atoms with van der Waals surface area (Å²) >= 11 is 0. The van der Waals surface area contributed by atoms with E-state index in [1.807, 2.05) is 4.90 Å². The van der Waals surface area contributed by atoms with E-state index < -0.39 is 0 Å². The summed E-state index contributed by atoms with van der Waals surface area (Å²) in [7, 11) is 0. The highest BCUT2D eigenvalue weighted by atomic mass is 19.1. The van der Waals surface area contributed by atoms with E-state index in [0.717, 1.165) is 24.3 Å². The van der Waals surface area contributed by atoms with Gasteiger partial charge in [-0.15, -0.1) is 0 Å². The Labute approximate surface area is 145 Å². The van der Waals surface area contributed by atoms with Crippen LogP contribution < -0.4 is 15.5 Å². The van der Waals surface area contributed by atoms with Crippen LogP contribution in [0, 0.1) is 5.82 Å². The van der Waals surface area contributed by atoms with Crippen molar-refractivity contribution in [3.8, 4) is 0 Å². The molecule has 4 heterocycles. The number of anilines is 1. The zero-order chi connectivity index (χ0) is 17.1. The van der Waals surface area contributed by atoms with E-state index in [0.29, 0.717) is 43.6 Å². The van der Waals surface area contributed by atoms with Crippen molar-refractivity contribution in [2.75, 3.05) is 18.0 Å². The molecule has 0 radical (unpaired) electrons. The molecule has 5 rings (SSSR count). The topological polar surface area (TPSA) is 64.7 Å². The molecule has 7 heteroatoms. The molecule has 4 aliphatic heterocycles. The fraction of sp³-hybridized carbons (Fsp3) is 0.556. The molecule has 1 aromatic rings. The van der Waals surface area contributed by atoms with E-state index in [-0.39, 0.29) is 23.7 Å². The fourth-order valence-corrected chi connectivity index (χ4v) is 4.78. The summed E-state index contributed by atoms with van der Waals surface area (Å²) in [5, 5.41) is 5.79. The second-order valence-electron chi connectivity index (χ2n) is 7.55. The Balaban J connectivity index is 1.39. The third-order valence-corrected chi connectivity index (χ3v) is 6.05. The number of nitrogens with one attached hydrogen (secondary N) is 2. The van der Waals surface area contributed by atoms with Crippen LogP contribution in [0.4, 0.5) is 10.1 Å². The molecule has 132 valence electrons. The Morgan fingerprint density at radius 2 is 1.92 bits per heavy atom. The van der Waals surface area contributed by atoms with Gasteiger partial charge in [0.1, 0.15) is 5.82 Å². The molecule has 0 aliphatic carbocycles. The van der Waals surface area contributed by atoms with Crippen molar-refractivity contribution < 1.29 is 14.0 Å². The van der Waals surface area contributed by atoms with Gasteiger partial charge in [0.15, 0.2) is 0 Å². The molecular weight excluding hydrogens is 323 g/mol. The zero-order valence-corrected chi connectivity index (χ0v) is 13.9. The van der Waals surface area contributed by atoms with Gasteiger partial charge in [-0.05, 0) is 30.5 Å². The monoisotopic (exact) mass is 344 g/mol. The number of hydrogen-bond acceptors (Lipinski definition) is 5. The summed E-state index contributed by atoms with van der Waals surface area (Å²) in [5.74, 6) is -0.655. The number of nitrogens with zero attached hydrogens (tertiary/aromatic N) is 2. The summed E-state index contributed by atoms with van der Waals surface area (Å²) in [6.07, 6.45) is 2.03. The van der Waals surface area contributed by atoms with E-state index in [1.54, 1.807) is 6.07 Å². The molecule has 0 aromatic heterocycles. The van der Waals surface area contributed by atoms with Gasteiger partial charge < -0.3 is 10.2 Å². The molecule has 25 heavy (non-hydrogen) atoms. The Bertz CT molecular complexity index is 754. The van der Waals surface area contributed by atoms with Gasteiger partial charge in [-0.3, -0.25) is 19.8 Å². The summed E-state index contributed by atoms with van der Waals surface area (Å²) in [6, 6.07) is 4.32. The predicted octanol–water partition coefficient (Wildman–Crippen LogP) is 0.497. The highest BCUT2D eigenvalue weighted by Gasteiger charge is 2.42. The van der Waals surface area contributed by atoms with Crippen LogP contribution in [0.5, 0.6) is 0 Å². The standard InChI is InChI=1S/C18H21FN4O2/c19-15-5-11(23-12-4-13(23)7-20-6-12)3-10-8-22(9-14(10)15)16-1-2-17(24)21-18(16)25/h3,5,12-13,16,20H,1-2,4,6-9H2,(H,21,24,25). The largest absolute Gasteiger partial charge is 0.363 e. The lowest BCUT2D eigenvalue weighted by molar-refractivity contribution is -0.137. The van der Waals surface area contributed by atoms with E-state index >= 15 is 0 Å². The Morgan fingerprint density at radius 3 is 2.64 bits per heavy atom. The smallest absolute Gasteiger partial charge is 0.243 e. The first-order chi connectivity index (χ1) is 12.1. The Hall–Kier alpha value is -1.99. The summed E-state index contributed by atoms with van der Waals surface area (Å²) < 4.78 is 14.7. The molecule has 4 aliphatic rings. The number of halogens is 1. The number of piperidine rings is 2. The van der Waals surface area contributed by atoms with Gasteiger partial charge in [0.2, 0.25) is 11.8 Å². The van der Waals surface area contributed by atoms with Gasteiger partial charge in [-0.1, -0.05) is 0 Å². The minimum absolute atomic E-state index is 0.180. The van der Waals surface area contributed by atoms with Crippen molar-refractivity contribution in [1.29, 1.82) is 0 Å². The third kappa shape index (κ3) is 2.37. The molecule has 0 saturated carbocycles. The van der Waals surface area contributed by atoms with Gasteiger partial charge in [-0.2, -0.15) is 0 Å². The lowest BCUT2D eigenvalue weighted by atomic mass is 9.87. The Morgan fingerprint density at radius 1 is 1.12 bits per heavy atom. The zero-order valence-electron chi connectivity index (χ0n) is 13.9.